The Hall–Kier alpha value is -1.72. The second-order valence-electron chi connectivity index (χ2n) is 3.83. The van der Waals surface area contributed by atoms with Crippen molar-refractivity contribution in [2.75, 3.05) is 20.2 Å². The van der Waals surface area contributed by atoms with Crippen molar-refractivity contribution in [3.63, 3.8) is 0 Å². The number of amides is 1. The van der Waals surface area contributed by atoms with Crippen LogP contribution in [0.2, 0.25) is 0 Å². The van der Waals surface area contributed by atoms with Crippen LogP contribution >= 0.6 is 0 Å². The molecule has 18 heavy (non-hydrogen) atoms. The van der Waals surface area contributed by atoms with Crippen LogP contribution in [-0.2, 0) is 11.2 Å². The molecular weight excluding hydrogens is 247 g/mol. The first kappa shape index (κ1) is 14.3. The van der Waals surface area contributed by atoms with Gasteiger partial charge in [0.15, 0.2) is 6.61 Å². The monoisotopic (exact) mass is 261 g/mol. The first-order chi connectivity index (χ1) is 8.38. The van der Waals surface area contributed by atoms with Crippen LogP contribution in [0.4, 0.5) is 18.0 Å². The number of benzene rings is 1. The number of alkyl halides is 3. The highest BCUT2D eigenvalue weighted by Gasteiger charge is 2.30. The van der Waals surface area contributed by atoms with Crippen molar-refractivity contribution in [3.8, 4) is 0 Å². The molecule has 0 radical (unpaired) electrons. The molecule has 0 bridgehead atoms. The van der Waals surface area contributed by atoms with Crippen molar-refractivity contribution >= 4 is 6.09 Å². The Morgan fingerprint density at radius 3 is 2.44 bits per heavy atom. The van der Waals surface area contributed by atoms with Gasteiger partial charge in [0.1, 0.15) is 0 Å². The van der Waals surface area contributed by atoms with Crippen LogP contribution in [0.25, 0.3) is 0 Å². The van der Waals surface area contributed by atoms with E-state index in [0.29, 0.717) is 13.0 Å². The minimum Gasteiger partial charge on any atom is -0.440 e. The highest BCUT2D eigenvalue weighted by molar-refractivity contribution is 5.67. The van der Waals surface area contributed by atoms with Crippen LogP contribution in [-0.4, -0.2) is 37.4 Å². The molecule has 0 aromatic heterocycles. The second-order valence-corrected chi connectivity index (χ2v) is 3.83. The number of ether oxygens (including phenoxy) is 1. The number of likely N-dealkylation sites (N-methyl/N-ethyl adjacent to an activating group) is 1. The summed E-state index contributed by atoms with van der Waals surface area (Å²) in [6.45, 7) is -1.25. The summed E-state index contributed by atoms with van der Waals surface area (Å²) in [5.41, 5.74) is 1.01. The molecule has 3 nitrogen and oxygen atoms in total. The van der Waals surface area contributed by atoms with Crippen molar-refractivity contribution in [1.82, 2.24) is 4.90 Å². The zero-order valence-corrected chi connectivity index (χ0v) is 9.91. The highest BCUT2D eigenvalue weighted by atomic mass is 19.4. The van der Waals surface area contributed by atoms with E-state index in [4.69, 9.17) is 0 Å². The van der Waals surface area contributed by atoms with Crippen molar-refractivity contribution in [3.05, 3.63) is 35.9 Å². The van der Waals surface area contributed by atoms with Gasteiger partial charge in [-0.15, -0.1) is 0 Å². The first-order valence-corrected chi connectivity index (χ1v) is 5.37. The molecule has 0 aliphatic carbocycles. The average Bonchev–Trinajstić information content (AvgIpc) is 2.33. The molecule has 0 saturated carbocycles. The lowest BCUT2D eigenvalue weighted by Crippen LogP contribution is -2.32. The van der Waals surface area contributed by atoms with Crippen LogP contribution in [0.1, 0.15) is 5.56 Å². The SMILES string of the molecule is CN(CCc1ccccc1)C(=O)OCC(F)(F)F. The van der Waals surface area contributed by atoms with E-state index in [1.807, 2.05) is 30.3 Å². The van der Waals surface area contributed by atoms with Crippen molar-refractivity contribution < 1.29 is 22.7 Å². The summed E-state index contributed by atoms with van der Waals surface area (Å²) >= 11 is 0. The molecule has 0 atom stereocenters. The number of rotatable bonds is 4. The second kappa shape index (κ2) is 6.28. The molecule has 0 fully saturated rings. The van der Waals surface area contributed by atoms with Crippen LogP contribution < -0.4 is 0 Å². The molecule has 1 aromatic rings. The van der Waals surface area contributed by atoms with Gasteiger partial charge in [-0.3, -0.25) is 0 Å². The smallest absolute Gasteiger partial charge is 0.422 e. The molecule has 6 heteroatoms. The maximum atomic E-state index is 11.8. The minimum absolute atomic E-state index is 0.306. The van der Waals surface area contributed by atoms with Gasteiger partial charge in [0.2, 0.25) is 0 Å². The fourth-order valence-corrected chi connectivity index (χ4v) is 1.29. The lowest BCUT2D eigenvalue weighted by atomic mass is 10.1. The molecule has 0 N–H and O–H groups in total. The number of hydrogen-bond acceptors (Lipinski definition) is 2. The zero-order chi connectivity index (χ0) is 13.6. The molecule has 1 aromatic carbocycles. The van der Waals surface area contributed by atoms with E-state index in [0.717, 1.165) is 10.5 Å². The molecule has 0 aliphatic heterocycles. The predicted molar refractivity (Wildman–Crippen MR) is 60.2 cm³/mol. The van der Waals surface area contributed by atoms with Crippen LogP contribution in [0, 0.1) is 0 Å². The quantitative estimate of drug-likeness (QED) is 0.834. The van der Waals surface area contributed by atoms with E-state index in [-0.39, 0.29) is 0 Å². The van der Waals surface area contributed by atoms with Gasteiger partial charge in [-0.05, 0) is 12.0 Å². The fraction of sp³-hybridized carbons (Fsp3) is 0.417. The number of carbonyl (C=O) groups is 1. The normalized spacial score (nSPS) is 11.1. The number of hydrogen-bond donors (Lipinski definition) is 0. The summed E-state index contributed by atoms with van der Waals surface area (Å²) in [6.07, 6.45) is -4.89. The number of carbonyl (C=O) groups excluding carboxylic acids is 1. The Morgan fingerprint density at radius 1 is 1.28 bits per heavy atom. The molecular formula is C12H14F3NO2. The van der Waals surface area contributed by atoms with E-state index < -0.39 is 18.9 Å². The Balaban J connectivity index is 2.32. The summed E-state index contributed by atoms with van der Waals surface area (Å²) in [5, 5.41) is 0. The molecule has 100 valence electrons. The molecule has 1 amide bonds. The standard InChI is InChI=1S/C12H14F3NO2/c1-16(11(17)18-9-12(13,14)15)8-7-10-5-3-2-4-6-10/h2-6H,7-9H2,1H3. The number of nitrogens with zero attached hydrogens (tertiary/aromatic N) is 1. The van der Waals surface area contributed by atoms with Gasteiger partial charge >= 0.3 is 12.3 Å². The summed E-state index contributed by atoms with van der Waals surface area (Å²) in [4.78, 5) is 12.3. The van der Waals surface area contributed by atoms with Crippen LogP contribution in [0.15, 0.2) is 30.3 Å². The largest absolute Gasteiger partial charge is 0.440 e. The van der Waals surface area contributed by atoms with Gasteiger partial charge < -0.3 is 9.64 Å². The van der Waals surface area contributed by atoms with Gasteiger partial charge in [0.25, 0.3) is 0 Å². The topological polar surface area (TPSA) is 29.5 Å². The molecule has 0 heterocycles. The van der Waals surface area contributed by atoms with Gasteiger partial charge in [0, 0.05) is 13.6 Å². The molecule has 0 spiro atoms. The van der Waals surface area contributed by atoms with Crippen molar-refractivity contribution in [1.29, 1.82) is 0 Å². The molecule has 0 saturated heterocycles. The Kier molecular flexibility index (Phi) is 5.00. The Labute approximate surface area is 103 Å². The van der Waals surface area contributed by atoms with Gasteiger partial charge in [-0.2, -0.15) is 13.2 Å². The van der Waals surface area contributed by atoms with E-state index in [9.17, 15) is 18.0 Å². The zero-order valence-electron chi connectivity index (χ0n) is 9.91. The third-order valence-corrected chi connectivity index (χ3v) is 2.25. The maximum absolute atomic E-state index is 11.8. The summed E-state index contributed by atoms with van der Waals surface area (Å²) < 4.78 is 39.6. The van der Waals surface area contributed by atoms with Crippen LogP contribution in [0.5, 0.6) is 0 Å². The summed E-state index contributed by atoms with van der Waals surface area (Å²) in [7, 11) is 1.40. The van der Waals surface area contributed by atoms with Gasteiger partial charge in [-0.1, -0.05) is 30.3 Å². The third-order valence-electron chi connectivity index (χ3n) is 2.25. The fourth-order valence-electron chi connectivity index (χ4n) is 1.29. The molecule has 1 rings (SSSR count). The van der Waals surface area contributed by atoms with Crippen LogP contribution in [0.3, 0.4) is 0 Å². The minimum atomic E-state index is -4.49. The van der Waals surface area contributed by atoms with Crippen molar-refractivity contribution in [2.45, 2.75) is 12.6 Å². The summed E-state index contributed by atoms with van der Waals surface area (Å²) in [6, 6.07) is 9.35. The summed E-state index contributed by atoms with van der Waals surface area (Å²) in [5.74, 6) is 0. The lowest BCUT2D eigenvalue weighted by molar-refractivity contribution is -0.162. The van der Waals surface area contributed by atoms with Gasteiger partial charge in [0.05, 0.1) is 0 Å². The Bertz CT molecular complexity index is 379. The molecule has 0 aliphatic rings. The highest BCUT2D eigenvalue weighted by Crippen LogP contribution is 2.15. The predicted octanol–water partition coefficient (Wildman–Crippen LogP) is 2.86. The van der Waals surface area contributed by atoms with Crippen molar-refractivity contribution in [2.24, 2.45) is 0 Å². The Morgan fingerprint density at radius 2 is 1.89 bits per heavy atom. The van der Waals surface area contributed by atoms with Gasteiger partial charge in [-0.25, -0.2) is 4.79 Å². The maximum Gasteiger partial charge on any atom is 0.422 e. The first-order valence-electron chi connectivity index (χ1n) is 5.37. The van der Waals surface area contributed by atoms with E-state index in [1.54, 1.807) is 0 Å². The number of halogens is 3. The molecule has 0 unspecified atom stereocenters. The van der Waals surface area contributed by atoms with E-state index in [1.165, 1.54) is 7.05 Å². The van der Waals surface area contributed by atoms with E-state index in [2.05, 4.69) is 4.74 Å². The third kappa shape index (κ3) is 5.56. The lowest BCUT2D eigenvalue weighted by Gasteiger charge is -2.17. The van der Waals surface area contributed by atoms with E-state index >= 15 is 0 Å². The average molecular weight is 261 g/mol.